The number of rotatable bonds is 5. The first-order chi connectivity index (χ1) is 5.81. The molecule has 0 nitrogen and oxygen atoms in total. The van der Waals surface area contributed by atoms with Crippen molar-refractivity contribution in [2.75, 3.05) is 0 Å². The summed E-state index contributed by atoms with van der Waals surface area (Å²) >= 11 is 1.74. The molecule has 0 saturated heterocycles. The van der Waals surface area contributed by atoms with E-state index < -0.39 is 0 Å². The molecule has 0 heterocycles. The molecule has 0 aromatic rings. The van der Waals surface area contributed by atoms with Crippen LogP contribution in [0.2, 0.25) is 0 Å². The zero-order valence-corrected chi connectivity index (χ0v) is 9.71. The van der Waals surface area contributed by atoms with Crippen LogP contribution < -0.4 is 0 Å². The van der Waals surface area contributed by atoms with E-state index in [9.17, 15) is 0 Å². The summed E-state index contributed by atoms with van der Waals surface area (Å²) in [5.41, 5.74) is 0. The predicted octanol–water partition coefficient (Wildman–Crippen LogP) is 4.98. The molecule has 0 fully saturated rings. The van der Waals surface area contributed by atoms with Crippen LogP contribution in [0.25, 0.3) is 0 Å². The minimum absolute atomic E-state index is 1.16. The molecule has 0 aromatic heterocycles. The lowest BCUT2D eigenvalue weighted by atomic mass is 10.2. The van der Waals surface area contributed by atoms with Crippen molar-refractivity contribution in [2.45, 2.75) is 47.0 Å². The highest BCUT2D eigenvalue weighted by molar-refractivity contribution is 8.05. The van der Waals surface area contributed by atoms with Crippen LogP contribution in [0.3, 0.4) is 0 Å². The maximum Gasteiger partial charge on any atom is -0.0180 e. The Labute approximate surface area is 82.1 Å². The Hall–Kier alpha value is -0.170. The van der Waals surface area contributed by atoms with Crippen molar-refractivity contribution in [3.05, 3.63) is 23.0 Å². The summed E-state index contributed by atoms with van der Waals surface area (Å²) in [5, 5.41) is 2.08. The highest BCUT2D eigenvalue weighted by atomic mass is 32.2. The third-order valence-corrected chi connectivity index (χ3v) is 2.13. The lowest BCUT2D eigenvalue weighted by Crippen LogP contribution is -1.72. The van der Waals surface area contributed by atoms with E-state index in [-0.39, 0.29) is 0 Å². The second-order valence-electron chi connectivity index (χ2n) is 2.23. The van der Waals surface area contributed by atoms with E-state index in [1.807, 2.05) is 26.8 Å². The van der Waals surface area contributed by atoms with Crippen LogP contribution in [-0.2, 0) is 0 Å². The molecule has 72 valence electrons. The molecule has 0 amide bonds. The van der Waals surface area contributed by atoms with Gasteiger partial charge in [-0.2, -0.15) is 0 Å². The van der Waals surface area contributed by atoms with Gasteiger partial charge in [0.25, 0.3) is 0 Å². The first-order valence-electron chi connectivity index (χ1n) is 4.76. The average molecular weight is 186 g/mol. The maximum atomic E-state index is 3.94. The molecule has 0 aliphatic rings. The summed E-state index contributed by atoms with van der Waals surface area (Å²) in [6, 6.07) is 0. The van der Waals surface area contributed by atoms with Gasteiger partial charge in [-0.1, -0.05) is 39.8 Å². The Morgan fingerprint density at radius 3 is 2.42 bits per heavy atom. The minimum atomic E-state index is 1.16. The van der Waals surface area contributed by atoms with Crippen LogP contribution in [0, 0.1) is 0 Å². The van der Waals surface area contributed by atoms with Gasteiger partial charge in [-0.15, -0.1) is 11.8 Å². The summed E-state index contributed by atoms with van der Waals surface area (Å²) < 4.78 is 0. The molecule has 12 heavy (non-hydrogen) atoms. The van der Waals surface area contributed by atoms with Gasteiger partial charge in [0.1, 0.15) is 0 Å². The third-order valence-electron chi connectivity index (χ3n) is 1.18. The van der Waals surface area contributed by atoms with Crippen molar-refractivity contribution in [3.8, 4) is 0 Å². The fraction of sp³-hybridized carbons (Fsp3) is 0.636. The molecule has 0 bridgehead atoms. The predicted molar refractivity (Wildman–Crippen MR) is 62.4 cm³/mol. The van der Waals surface area contributed by atoms with Crippen LogP contribution in [0.5, 0.6) is 0 Å². The van der Waals surface area contributed by atoms with Crippen molar-refractivity contribution in [2.24, 2.45) is 0 Å². The van der Waals surface area contributed by atoms with Crippen LogP contribution in [0.15, 0.2) is 23.0 Å². The van der Waals surface area contributed by atoms with E-state index in [1.54, 1.807) is 11.8 Å². The second-order valence-corrected chi connectivity index (χ2v) is 3.31. The van der Waals surface area contributed by atoms with Crippen LogP contribution in [0.1, 0.15) is 47.0 Å². The Bertz CT molecular complexity index is 114. The molecular weight excluding hydrogens is 164 g/mol. The lowest BCUT2D eigenvalue weighted by Gasteiger charge is -1.97. The van der Waals surface area contributed by atoms with Gasteiger partial charge in [0.2, 0.25) is 0 Å². The molecule has 0 saturated carbocycles. The number of thioether (sulfide) groups is 1. The van der Waals surface area contributed by atoms with Crippen LogP contribution in [-0.4, -0.2) is 0 Å². The molecule has 0 spiro atoms. The van der Waals surface area contributed by atoms with Crippen molar-refractivity contribution in [1.29, 1.82) is 0 Å². The number of unbranched alkanes of at least 4 members (excludes halogenated alkanes) is 1. The number of hydrogen-bond acceptors (Lipinski definition) is 1. The normalized spacial score (nSPS) is 9.33. The lowest BCUT2D eigenvalue weighted by molar-refractivity contribution is 0.810. The fourth-order valence-electron chi connectivity index (χ4n) is 0.597. The molecular formula is C11H22S. The van der Waals surface area contributed by atoms with Gasteiger partial charge < -0.3 is 0 Å². The Balaban J connectivity index is 0. The minimum Gasteiger partial charge on any atom is -0.103 e. The molecule has 0 unspecified atom stereocenters. The zero-order valence-electron chi connectivity index (χ0n) is 8.89. The first-order valence-corrected chi connectivity index (χ1v) is 5.64. The molecule has 1 heteroatoms. The molecule has 0 atom stereocenters. The average Bonchev–Trinajstić information content (AvgIpc) is 2.14. The highest BCUT2D eigenvalue weighted by Crippen LogP contribution is 2.20. The Morgan fingerprint density at radius 1 is 1.42 bits per heavy atom. The molecule has 0 rings (SSSR count). The van der Waals surface area contributed by atoms with E-state index in [4.69, 9.17) is 0 Å². The highest BCUT2D eigenvalue weighted by Gasteiger charge is 1.89. The van der Waals surface area contributed by atoms with Crippen molar-refractivity contribution in [1.82, 2.24) is 0 Å². The monoisotopic (exact) mass is 186 g/mol. The van der Waals surface area contributed by atoms with Gasteiger partial charge in [0.15, 0.2) is 0 Å². The molecule has 0 radical (unpaired) electrons. The maximum absolute atomic E-state index is 3.94. The number of allylic oxidation sites excluding steroid dienone is 2. The largest absolute Gasteiger partial charge is 0.103 e. The summed E-state index contributed by atoms with van der Waals surface area (Å²) in [6.07, 6.45) is 5.73. The molecule has 0 aromatic carbocycles. The van der Waals surface area contributed by atoms with Crippen molar-refractivity contribution in [3.63, 3.8) is 0 Å². The van der Waals surface area contributed by atoms with E-state index in [2.05, 4.69) is 18.9 Å². The first kappa shape index (κ1) is 14.4. The topological polar surface area (TPSA) is 0 Å². The van der Waals surface area contributed by atoms with Gasteiger partial charge in [0.05, 0.1) is 0 Å². The van der Waals surface area contributed by atoms with E-state index in [1.165, 1.54) is 17.7 Å². The molecule has 0 aliphatic carbocycles. The standard InChI is InChI=1S/C9H16S.C2H6/c1-4-6-7-9(3)10-8-5-2;1-2/h5,8H,3-4,6-7H2,1-2H3;1-2H3/b8-5-;. The summed E-state index contributed by atoms with van der Waals surface area (Å²) in [7, 11) is 0. The van der Waals surface area contributed by atoms with Crippen molar-refractivity contribution < 1.29 is 0 Å². The van der Waals surface area contributed by atoms with Gasteiger partial charge in [0, 0.05) is 0 Å². The Morgan fingerprint density at radius 2 is 2.00 bits per heavy atom. The van der Waals surface area contributed by atoms with E-state index in [0.29, 0.717) is 0 Å². The summed E-state index contributed by atoms with van der Waals surface area (Å²) in [6.45, 7) is 12.2. The van der Waals surface area contributed by atoms with Crippen LogP contribution in [0.4, 0.5) is 0 Å². The Kier molecular flexibility index (Phi) is 16.1. The zero-order chi connectivity index (χ0) is 9.82. The summed E-state index contributed by atoms with van der Waals surface area (Å²) in [5.74, 6) is 0. The molecule has 0 aliphatic heterocycles. The smallest absolute Gasteiger partial charge is 0.0180 e. The third kappa shape index (κ3) is 12.5. The van der Waals surface area contributed by atoms with Gasteiger partial charge >= 0.3 is 0 Å². The second kappa shape index (κ2) is 13.4. The van der Waals surface area contributed by atoms with Gasteiger partial charge in [-0.25, -0.2) is 0 Å². The van der Waals surface area contributed by atoms with Gasteiger partial charge in [-0.05, 0) is 30.1 Å². The fourth-order valence-corrected chi connectivity index (χ4v) is 1.19. The quantitative estimate of drug-likeness (QED) is 0.583. The SMILES string of the molecule is C=C(CCCC)S/C=C\C.CC. The van der Waals surface area contributed by atoms with E-state index >= 15 is 0 Å². The van der Waals surface area contributed by atoms with Crippen molar-refractivity contribution >= 4 is 11.8 Å². The van der Waals surface area contributed by atoms with E-state index in [0.717, 1.165) is 6.42 Å². The van der Waals surface area contributed by atoms with Crippen LogP contribution >= 0.6 is 11.8 Å². The summed E-state index contributed by atoms with van der Waals surface area (Å²) in [4.78, 5) is 1.28. The van der Waals surface area contributed by atoms with Gasteiger partial charge in [-0.3, -0.25) is 0 Å². The molecule has 0 N–H and O–H groups in total. The number of hydrogen-bond donors (Lipinski definition) is 0.